The topological polar surface area (TPSA) is 96.0 Å². The van der Waals surface area contributed by atoms with Crippen LogP contribution in [0, 0.1) is 3.57 Å². The standard InChI is InChI=1S/C25H38IN7O/c1-3-20(21-11-8-14-27-21)30-25-32-23(28-16-17-12-13-22(34-2)19(26)15-17)31-24(33-25)29-18-9-6-4-5-7-10-18/h12-13,15,18,20-21,27H,3-11,14,16H2,1-2H3,(H3,28,29,30,31,32,33). The first kappa shape index (κ1) is 25.2. The van der Waals surface area contributed by atoms with Gasteiger partial charge in [-0.3, -0.25) is 0 Å². The molecule has 186 valence electrons. The van der Waals surface area contributed by atoms with Crippen molar-refractivity contribution in [2.45, 2.75) is 89.4 Å². The second kappa shape index (κ2) is 12.7. The smallest absolute Gasteiger partial charge is 0.229 e. The normalized spacial score (nSPS) is 19.9. The molecule has 1 aromatic heterocycles. The molecule has 2 aromatic rings. The molecule has 0 bridgehead atoms. The zero-order valence-corrected chi connectivity index (χ0v) is 22.5. The number of anilines is 3. The van der Waals surface area contributed by atoms with Crippen molar-refractivity contribution >= 4 is 40.4 Å². The first-order valence-corrected chi connectivity index (χ1v) is 13.8. The van der Waals surface area contributed by atoms with Crippen LogP contribution in [0.25, 0.3) is 0 Å². The third kappa shape index (κ3) is 7.07. The van der Waals surface area contributed by atoms with Gasteiger partial charge in [-0.15, -0.1) is 0 Å². The molecule has 2 fully saturated rings. The van der Waals surface area contributed by atoms with Crippen molar-refractivity contribution in [1.82, 2.24) is 20.3 Å². The molecule has 2 heterocycles. The Morgan fingerprint density at radius 2 is 1.79 bits per heavy atom. The minimum Gasteiger partial charge on any atom is -0.496 e. The SMILES string of the molecule is CCC(Nc1nc(NCc2ccc(OC)c(I)c2)nc(NC2CCCCCC2)n1)C1CCCN1. The van der Waals surface area contributed by atoms with E-state index in [9.17, 15) is 0 Å². The molecule has 2 atom stereocenters. The van der Waals surface area contributed by atoms with Crippen LogP contribution in [-0.2, 0) is 6.54 Å². The molecule has 0 spiro atoms. The summed E-state index contributed by atoms with van der Waals surface area (Å²) in [6, 6.07) is 7.36. The Kier molecular flexibility index (Phi) is 9.43. The van der Waals surface area contributed by atoms with Crippen LogP contribution in [0.4, 0.5) is 17.8 Å². The van der Waals surface area contributed by atoms with Gasteiger partial charge in [-0.05, 0) is 78.9 Å². The average molecular weight is 580 g/mol. The maximum absolute atomic E-state index is 5.38. The lowest BCUT2D eigenvalue weighted by atomic mass is 10.0. The number of rotatable bonds is 10. The van der Waals surface area contributed by atoms with E-state index in [1.807, 2.05) is 6.07 Å². The monoisotopic (exact) mass is 579 g/mol. The number of ether oxygens (including phenoxy) is 1. The summed E-state index contributed by atoms with van der Waals surface area (Å²) in [5.74, 6) is 2.77. The molecule has 1 aromatic carbocycles. The first-order chi connectivity index (χ1) is 16.6. The Morgan fingerprint density at radius 3 is 2.47 bits per heavy atom. The molecule has 1 saturated heterocycles. The van der Waals surface area contributed by atoms with Crippen molar-refractivity contribution in [3.05, 3.63) is 27.3 Å². The van der Waals surface area contributed by atoms with Gasteiger partial charge >= 0.3 is 0 Å². The zero-order valence-electron chi connectivity index (χ0n) is 20.4. The zero-order chi connectivity index (χ0) is 23.8. The van der Waals surface area contributed by atoms with Crippen LogP contribution in [0.5, 0.6) is 5.75 Å². The van der Waals surface area contributed by atoms with Crippen molar-refractivity contribution in [3.63, 3.8) is 0 Å². The van der Waals surface area contributed by atoms with E-state index in [0.29, 0.717) is 42.5 Å². The Labute approximate surface area is 217 Å². The Hall–Kier alpha value is -1.88. The van der Waals surface area contributed by atoms with E-state index in [-0.39, 0.29) is 0 Å². The highest BCUT2D eigenvalue weighted by atomic mass is 127. The molecule has 4 rings (SSSR count). The van der Waals surface area contributed by atoms with Crippen molar-refractivity contribution in [2.24, 2.45) is 0 Å². The molecule has 4 N–H and O–H groups in total. The molecule has 9 heteroatoms. The number of hydrogen-bond donors (Lipinski definition) is 4. The van der Waals surface area contributed by atoms with Crippen LogP contribution in [0.2, 0.25) is 0 Å². The van der Waals surface area contributed by atoms with E-state index in [0.717, 1.165) is 27.8 Å². The van der Waals surface area contributed by atoms with Gasteiger partial charge < -0.3 is 26.0 Å². The van der Waals surface area contributed by atoms with E-state index in [1.54, 1.807) is 7.11 Å². The van der Waals surface area contributed by atoms with Crippen LogP contribution in [0.3, 0.4) is 0 Å². The molecular formula is C25H38IN7O. The van der Waals surface area contributed by atoms with Gasteiger partial charge in [-0.2, -0.15) is 15.0 Å². The molecular weight excluding hydrogens is 541 g/mol. The molecule has 1 aliphatic heterocycles. The van der Waals surface area contributed by atoms with Gasteiger partial charge in [0, 0.05) is 24.7 Å². The minimum absolute atomic E-state index is 0.298. The minimum atomic E-state index is 0.298. The summed E-state index contributed by atoms with van der Waals surface area (Å²) < 4.78 is 6.47. The summed E-state index contributed by atoms with van der Waals surface area (Å²) in [4.78, 5) is 14.2. The Bertz CT molecular complexity index is 914. The summed E-state index contributed by atoms with van der Waals surface area (Å²) in [6.45, 7) is 3.93. The number of benzene rings is 1. The quantitative estimate of drug-likeness (QED) is 0.226. The van der Waals surface area contributed by atoms with Gasteiger partial charge in [0.2, 0.25) is 17.8 Å². The van der Waals surface area contributed by atoms with Crippen molar-refractivity contribution in [3.8, 4) is 5.75 Å². The van der Waals surface area contributed by atoms with E-state index in [1.165, 1.54) is 51.4 Å². The number of aromatic nitrogens is 3. The summed E-state index contributed by atoms with van der Waals surface area (Å²) in [5.41, 5.74) is 1.15. The molecule has 2 aliphatic rings. The number of methoxy groups -OCH3 is 1. The van der Waals surface area contributed by atoms with Gasteiger partial charge in [0.1, 0.15) is 5.75 Å². The third-order valence-corrected chi connectivity index (χ3v) is 7.67. The number of nitrogens with zero attached hydrogens (tertiary/aromatic N) is 3. The fourth-order valence-electron chi connectivity index (χ4n) is 4.90. The molecule has 1 saturated carbocycles. The van der Waals surface area contributed by atoms with E-state index >= 15 is 0 Å². The van der Waals surface area contributed by atoms with Gasteiger partial charge in [-0.1, -0.05) is 38.7 Å². The second-order valence-electron chi connectivity index (χ2n) is 9.32. The molecule has 0 radical (unpaired) electrons. The van der Waals surface area contributed by atoms with Crippen molar-refractivity contribution in [2.75, 3.05) is 29.6 Å². The maximum Gasteiger partial charge on any atom is 0.229 e. The summed E-state index contributed by atoms with van der Waals surface area (Å²) in [5, 5.41) is 14.2. The van der Waals surface area contributed by atoms with Gasteiger partial charge in [0.15, 0.2) is 0 Å². The lowest BCUT2D eigenvalue weighted by Crippen LogP contribution is -2.40. The van der Waals surface area contributed by atoms with E-state index in [4.69, 9.17) is 19.7 Å². The van der Waals surface area contributed by atoms with Crippen LogP contribution in [-0.4, -0.2) is 46.7 Å². The van der Waals surface area contributed by atoms with E-state index < -0.39 is 0 Å². The number of halogens is 1. The molecule has 34 heavy (non-hydrogen) atoms. The van der Waals surface area contributed by atoms with Crippen molar-refractivity contribution in [1.29, 1.82) is 0 Å². The van der Waals surface area contributed by atoms with Gasteiger partial charge in [0.05, 0.1) is 10.7 Å². The maximum atomic E-state index is 5.38. The largest absolute Gasteiger partial charge is 0.496 e. The lowest BCUT2D eigenvalue weighted by molar-refractivity contribution is 0.411. The van der Waals surface area contributed by atoms with Crippen LogP contribution >= 0.6 is 22.6 Å². The highest BCUT2D eigenvalue weighted by Crippen LogP contribution is 2.24. The first-order valence-electron chi connectivity index (χ1n) is 12.7. The van der Waals surface area contributed by atoms with Crippen LogP contribution in [0.15, 0.2) is 18.2 Å². The van der Waals surface area contributed by atoms with Crippen LogP contribution < -0.4 is 26.0 Å². The van der Waals surface area contributed by atoms with Gasteiger partial charge in [0.25, 0.3) is 0 Å². The Balaban J connectivity index is 1.50. The highest BCUT2D eigenvalue weighted by molar-refractivity contribution is 14.1. The van der Waals surface area contributed by atoms with E-state index in [2.05, 4.69) is 62.9 Å². The number of hydrogen-bond acceptors (Lipinski definition) is 8. The third-order valence-electron chi connectivity index (χ3n) is 6.83. The fraction of sp³-hybridized carbons (Fsp3) is 0.640. The lowest BCUT2D eigenvalue weighted by Gasteiger charge is -2.24. The number of nitrogens with one attached hydrogen (secondary N) is 4. The van der Waals surface area contributed by atoms with Gasteiger partial charge in [-0.25, -0.2) is 0 Å². The van der Waals surface area contributed by atoms with Crippen molar-refractivity contribution < 1.29 is 4.74 Å². The fourth-order valence-corrected chi connectivity index (χ4v) is 5.70. The second-order valence-corrected chi connectivity index (χ2v) is 10.5. The highest BCUT2D eigenvalue weighted by Gasteiger charge is 2.24. The molecule has 8 nitrogen and oxygen atoms in total. The predicted octanol–water partition coefficient (Wildman–Crippen LogP) is 5.17. The van der Waals surface area contributed by atoms with Crippen LogP contribution in [0.1, 0.15) is 70.3 Å². The molecule has 2 unspecified atom stereocenters. The predicted molar refractivity (Wildman–Crippen MR) is 147 cm³/mol. The molecule has 1 aliphatic carbocycles. The summed E-state index contributed by atoms with van der Waals surface area (Å²) >= 11 is 2.30. The summed E-state index contributed by atoms with van der Waals surface area (Å²) in [6.07, 6.45) is 10.9. The summed E-state index contributed by atoms with van der Waals surface area (Å²) in [7, 11) is 1.70. The Morgan fingerprint density at radius 1 is 1.03 bits per heavy atom. The molecule has 0 amide bonds. The average Bonchev–Trinajstić information content (AvgIpc) is 3.26.